The zero-order valence-electron chi connectivity index (χ0n) is 11.6. The monoisotopic (exact) mass is 334 g/mol. The van der Waals surface area contributed by atoms with Crippen LogP contribution in [0.4, 0.5) is 11.4 Å². The molecule has 1 aromatic carbocycles. The van der Waals surface area contributed by atoms with Crippen molar-refractivity contribution < 1.29 is 4.79 Å². The Labute approximate surface area is 127 Å². The molecule has 3 saturated carbocycles. The van der Waals surface area contributed by atoms with E-state index in [1.807, 2.05) is 25.2 Å². The first-order chi connectivity index (χ1) is 9.58. The number of fused-ring (bicyclic) bond motifs is 5. The molecule has 2 bridgehead atoms. The summed E-state index contributed by atoms with van der Waals surface area (Å²) in [5.74, 6) is 3.56. The fourth-order valence-electron chi connectivity index (χ4n) is 4.83. The van der Waals surface area contributed by atoms with Crippen molar-refractivity contribution in [3.8, 4) is 0 Å². The van der Waals surface area contributed by atoms with Gasteiger partial charge in [0.1, 0.15) is 0 Å². The van der Waals surface area contributed by atoms with Gasteiger partial charge in [-0.1, -0.05) is 15.9 Å². The molecule has 4 unspecified atom stereocenters. The van der Waals surface area contributed by atoms with Crippen LogP contribution in [-0.4, -0.2) is 13.0 Å². The van der Waals surface area contributed by atoms with Gasteiger partial charge >= 0.3 is 0 Å². The molecule has 4 atom stereocenters. The number of rotatable bonds is 2. The van der Waals surface area contributed by atoms with E-state index in [0.717, 1.165) is 22.0 Å². The van der Waals surface area contributed by atoms with Crippen LogP contribution >= 0.6 is 15.9 Å². The number of nitrogens with two attached hydrogens (primary N) is 1. The number of benzene rings is 1. The number of halogens is 1. The molecule has 0 radical (unpaired) electrons. The second kappa shape index (κ2) is 4.23. The highest BCUT2D eigenvalue weighted by molar-refractivity contribution is 9.10. The van der Waals surface area contributed by atoms with E-state index in [1.54, 1.807) is 4.90 Å². The van der Waals surface area contributed by atoms with Crippen molar-refractivity contribution in [1.82, 2.24) is 0 Å². The largest absolute Gasteiger partial charge is 0.397 e. The topological polar surface area (TPSA) is 46.3 Å². The minimum atomic E-state index is 0.269. The molecule has 3 aliphatic rings. The van der Waals surface area contributed by atoms with Gasteiger partial charge < -0.3 is 10.6 Å². The van der Waals surface area contributed by atoms with Crippen molar-refractivity contribution in [2.45, 2.75) is 19.3 Å². The fourth-order valence-corrected chi connectivity index (χ4v) is 5.21. The minimum absolute atomic E-state index is 0.269. The Bertz CT molecular complexity index is 572. The van der Waals surface area contributed by atoms with Crippen LogP contribution in [0, 0.1) is 29.6 Å². The van der Waals surface area contributed by atoms with Crippen LogP contribution in [0.25, 0.3) is 0 Å². The Morgan fingerprint density at radius 1 is 1.30 bits per heavy atom. The number of nitrogens with zero attached hydrogens (tertiary/aromatic N) is 1. The quantitative estimate of drug-likeness (QED) is 0.843. The Hall–Kier alpha value is -1.03. The summed E-state index contributed by atoms with van der Waals surface area (Å²) in [4.78, 5) is 14.5. The van der Waals surface area contributed by atoms with Crippen molar-refractivity contribution >= 4 is 33.2 Å². The average molecular weight is 335 g/mol. The van der Waals surface area contributed by atoms with E-state index in [1.165, 1.54) is 19.3 Å². The molecule has 0 heterocycles. The molecule has 3 nitrogen and oxygen atoms in total. The third-order valence-corrected chi connectivity index (χ3v) is 6.20. The van der Waals surface area contributed by atoms with E-state index < -0.39 is 0 Å². The van der Waals surface area contributed by atoms with Gasteiger partial charge in [-0.2, -0.15) is 0 Å². The summed E-state index contributed by atoms with van der Waals surface area (Å²) in [5, 5.41) is 0. The van der Waals surface area contributed by atoms with E-state index in [4.69, 9.17) is 5.73 Å². The van der Waals surface area contributed by atoms with Gasteiger partial charge in [0, 0.05) is 17.4 Å². The highest BCUT2D eigenvalue weighted by Crippen LogP contribution is 2.69. The molecule has 4 rings (SSSR count). The number of hydrogen-bond acceptors (Lipinski definition) is 2. The molecule has 3 aliphatic carbocycles. The smallest absolute Gasteiger partial charge is 0.230 e. The normalized spacial score (nSPS) is 36.8. The lowest BCUT2D eigenvalue weighted by Crippen LogP contribution is -2.30. The summed E-state index contributed by atoms with van der Waals surface area (Å²) < 4.78 is 0.945. The maximum absolute atomic E-state index is 12.7. The zero-order valence-corrected chi connectivity index (χ0v) is 13.1. The number of hydrogen-bond donors (Lipinski definition) is 1. The predicted molar refractivity (Wildman–Crippen MR) is 83.3 cm³/mol. The average Bonchev–Trinajstić information content (AvgIpc) is 2.84. The molecule has 106 valence electrons. The molecule has 3 fully saturated rings. The lowest BCUT2D eigenvalue weighted by molar-refractivity contribution is -0.120. The molecule has 1 aromatic rings. The van der Waals surface area contributed by atoms with Crippen molar-refractivity contribution in [3.05, 3.63) is 22.7 Å². The second-order valence-corrected chi connectivity index (χ2v) is 7.53. The fraction of sp³-hybridized carbons (Fsp3) is 0.562. The molecule has 1 amide bonds. The summed E-state index contributed by atoms with van der Waals surface area (Å²) in [6.07, 6.45) is 4.07. The number of amides is 1. The van der Waals surface area contributed by atoms with Gasteiger partial charge in [0.05, 0.1) is 11.4 Å². The standard InChI is InChI=1S/C16H19BrN2O/c1-19(12-5-4-10(17)7-11(12)18)16(20)15-13-8-2-3-9(6-8)14(13)15/h4-5,7-9,13-15H,2-3,6,18H2,1H3. The summed E-state index contributed by atoms with van der Waals surface area (Å²) in [6, 6.07) is 5.72. The Morgan fingerprint density at radius 2 is 1.95 bits per heavy atom. The molecule has 2 N–H and O–H groups in total. The lowest BCUT2D eigenvalue weighted by atomic mass is 10.0. The highest BCUT2D eigenvalue weighted by Gasteiger charge is 2.67. The summed E-state index contributed by atoms with van der Waals surface area (Å²) >= 11 is 3.40. The van der Waals surface area contributed by atoms with Crippen LogP contribution in [0.5, 0.6) is 0 Å². The van der Waals surface area contributed by atoms with Crippen LogP contribution in [0.2, 0.25) is 0 Å². The summed E-state index contributed by atoms with van der Waals surface area (Å²) in [5.41, 5.74) is 7.53. The van der Waals surface area contributed by atoms with E-state index in [2.05, 4.69) is 15.9 Å². The Balaban J connectivity index is 1.55. The van der Waals surface area contributed by atoms with Crippen LogP contribution < -0.4 is 10.6 Å². The van der Waals surface area contributed by atoms with E-state index >= 15 is 0 Å². The molecular weight excluding hydrogens is 316 g/mol. The molecule has 0 spiro atoms. The van der Waals surface area contributed by atoms with Crippen molar-refractivity contribution in [2.75, 3.05) is 17.7 Å². The number of carbonyl (C=O) groups excluding carboxylic acids is 1. The number of anilines is 2. The van der Waals surface area contributed by atoms with Crippen LogP contribution in [0.15, 0.2) is 22.7 Å². The van der Waals surface area contributed by atoms with E-state index in [9.17, 15) is 4.79 Å². The van der Waals surface area contributed by atoms with E-state index in [0.29, 0.717) is 17.5 Å². The summed E-state index contributed by atoms with van der Waals surface area (Å²) in [7, 11) is 1.86. The third-order valence-electron chi connectivity index (χ3n) is 5.70. The lowest BCUT2D eigenvalue weighted by Gasteiger charge is -2.21. The maximum atomic E-state index is 12.7. The second-order valence-electron chi connectivity index (χ2n) is 6.61. The molecule has 0 aliphatic heterocycles. The SMILES string of the molecule is CN(C(=O)C1C2C3CCC(C3)C12)c1ccc(Br)cc1N. The molecule has 4 heteroatoms. The first kappa shape index (κ1) is 12.7. The molecule has 0 aromatic heterocycles. The molecular formula is C16H19BrN2O. The Morgan fingerprint density at radius 3 is 2.55 bits per heavy atom. The predicted octanol–water partition coefficient (Wildman–Crippen LogP) is 3.29. The highest BCUT2D eigenvalue weighted by atomic mass is 79.9. The van der Waals surface area contributed by atoms with Crippen molar-refractivity contribution in [3.63, 3.8) is 0 Å². The van der Waals surface area contributed by atoms with Crippen molar-refractivity contribution in [1.29, 1.82) is 0 Å². The first-order valence-corrected chi connectivity index (χ1v) is 8.20. The number of nitrogen functional groups attached to an aromatic ring is 1. The zero-order chi connectivity index (χ0) is 14.0. The van der Waals surface area contributed by atoms with Gasteiger partial charge in [-0.3, -0.25) is 4.79 Å². The van der Waals surface area contributed by atoms with Crippen LogP contribution in [-0.2, 0) is 4.79 Å². The van der Waals surface area contributed by atoms with Crippen LogP contribution in [0.1, 0.15) is 19.3 Å². The maximum Gasteiger partial charge on any atom is 0.230 e. The van der Waals surface area contributed by atoms with Gasteiger partial charge in [-0.15, -0.1) is 0 Å². The third kappa shape index (κ3) is 1.67. The van der Waals surface area contributed by atoms with Gasteiger partial charge in [0.15, 0.2) is 0 Å². The van der Waals surface area contributed by atoms with Crippen LogP contribution in [0.3, 0.4) is 0 Å². The van der Waals surface area contributed by atoms with Crippen molar-refractivity contribution in [2.24, 2.45) is 29.6 Å². The molecule has 0 saturated heterocycles. The van der Waals surface area contributed by atoms with Gasteiger partial charge in [0.2, 0.25) is 5.91 Å². The van der Waals surface area contributed by atoms with Gasteiger partial charge in [-0.25, -0.2) is 0 Å². The van der Waals surface area contributed by atoms with E-state index in [-0.39, 0.29) is 11.8 Å². The van der Waals surface area contributed by atoms with Gasteiger partial charge in [0.25, 0.3) is 0 Å². The summed E-state index contributed by atoms with van der Waals surface area (Å²) in [6.45, 7) is 0. The first-order valence-electron chi connectivity index (χ1n) is 7.40. The molecule has 20 heavy (non-hydrogen) atoms. The Kier molecular flexibility index (Phi) is 2.69. The number of carbonyl (C=O) groups is 1. The van der Waals surface area contributed by atoms with Gasteiger partial charge in [-0.05, 0) is 61.1 Å². The minimum Gasteiger partial charge on any atom is -0.397 e.